The highest BCUT2D eigenvalue weighted by molar-refractivity contribution is 6.30. The minimum absolute atomic E-state index is 0.454. The molecule has 5 nitrogen and oxygen atoms in total. The first-order chi connectivity index (χ1) is 8.49. The van der Waals surface area contributed by atoms with Crippen molar-refractivity contribution in [3.63, 3.8) is 0 Å². The van der Waals surface area contributed by atoms with Gasteiger partial charge in [0.2, 0.25) is 0 Å². The molecule has 0 unspecified atom stereocenters. The maximum Gasteiger partial charge on any atom is 0.155 e. The highest BCUT2D eigenvalue weighted by Gasteiger charge is 2.09. The van der Waals surface area contributed by atoms with Gasteiger partial charge in [0.25, 0.3) is 0 Å². The van der Waals surface area contributed by atoms with Gasteiger partial charge >= 0.3 is 0 Å². The number of rotatable bonds is 3. The highest BCUT2D eigenvalue weighted by Crippen LogP contribution is 2.21. The van der Waals surface area contributed by atoms with Crippen LogP contribution in [0, 0.1) is 20.8 Å². The van der Waals surface area contributed by atoms with Crippen molar-refractivity contribution in [3.05, 3.63) is 33.7 Å². The van der Waals surface area contributed by atoms with E-state index in [1.165, 1.54) is 0 Å². The fraction of sp³-hybridized carbons (Fsp3) is 0.417. The van der Waals surface area contributed by atoms with Gasteiger partial charge in [0.1, 0.15) is 0 Å². The molecule has 0 aliphatic carbocycles. The fourth-order valence-corrected chi connectivity index (χ4v) is 1.92. The van der Waals surface area contributed by atoms with Crippen LogP contribution in [0.15, 0.2) is 6.20 Å². The molecule has 0 atom stereocenters. The Bertz CT molecular complexity index is 576. The Hall–Kier alpha value is -1.62. The molecule has 0 fully saturated rings. The molecule has 0 aromatic carbocycles. The van der Waals surface area contributed by atoms with Gasteiger partial charge in [-0.25, -0.2) is 0 Å². The molecule has 0 aliphatic rings. The van der Waals surface area contributed by atoms with Crippen LogP contribution in [0.25, 0.3) is 0 Å². The number of nitrogens with one attached hydrogen (secondary N) is 1. The van der Waals surface area contributed by atoms with Crippen LogP contribution in [-0.2, 0) is 13.6 Å². The Balaban J connectivity index is 2.16. The normalized spacial score (nSPS) is 10.7. The van der Waals surface area contributed by atoms with Gasteiger partial charge in [-0.15, -0.1) is 10.2 Å². The average Bonchev–Trinajstić information content (AvgIpc) is 2.64. The van der Waals surface area contributed by atoms with Gasteiger partial charge in [0, 0.05) is 25.4 Å². The molecule has 2 heterocycles. The van der Waals surface area contributed by atoms with Crippen LogP contribution >= 0.6 is 11.6 Å². The first-order valence-corrected chi connectivity index (χ1v) is 6.09. The van der Waals surface area contributed by atoms with E-state index in [-0.39, 0.29) is 0 Å². The van der Waals surface area contributed by atoms with E-state index in [9.17, 15) is 0 Å². The van der Waals surface area contributed by atoms with Gasteiger partial charge in [-0.3, -0.25) is 4.68 Å². The third-order valence-corrected chi connectivity index (χ3v) is 3.39. The number of aromatic nitrogens is 4. The lowest BCUT2D eigenvalue weighted by atomic mass is 10.2. The molecule has 18 heavy (non-hydrogen) atoms. The largest absolute Gasteiger partial charge is 0.364 e. The van der Waals surface area contributed by atoms with Crippen molar-refractivity contribution in [3.8, 4) is 0 Å². The monoisotopic (exact) mass is 265 g/mol. The highest BCUT2D eigenvalue weighted by atomic mass is 35.5. The maximum atomic E-state index is 5.92. The lowest BCUT2D eigenvalue weighted by molar-refractivity contribution is 0.756. The van der Waals surface area contributed by atoms with Crippen molar-refractivity contribution in [2.45, 2.75) is 27.3 Å². The molecule has 0 saturated heterocycles. The summed E-state index contributed by atoms with van der Waals surface area (Å²) in [4.78, 5) is 0. The van der Waals surface area contributed by atoms with Crippen LogP contribution < -0.4 is 5.32 Å². The standard InChI is InChI=1S/C12H16ClN5/c1-7-8(2)12(16-15-11(7)13)14-5-10-6-18(4)17-9(10)3/h6H,5H2,1-4H3,(H,14,16). The summed E-state index contributed by atoms with van der Waals surface area (Å²) in [5, 5.41) is 16.0. The van der Waals surface area contributed by atoms with Crippen LogP contribution in [-0.4, -0.2) is 20.0 Å². The summed E-state index contributed by atoms with van der Waals surface area (Å²) in [6.07, 6.45) is 1.99. The van der Waals surface area contributed by atoms with E-state index in [4.69, 9.17) is 11.6 Å². The number of aryl methyl sites for hydroxylation is 2. The number of anilines is 1. The molecule has 0 bridgehead atoms. The SMILES string of the molecule is Cc1nn(C)cc1CNc1nnc(Cl)c(C)c1C. The zero-order valence-corrected chi connectivity index (χ0v) is 11.7. The second kappa shape index (κ2) is 4.94. The van der Waals surface area contributed by atoms with Gasteiger partial charge in [-0.1, -0.05) is 11.6 Å². The molecule has 0 amide bonds. The third kappa shape index (κ3) is 2.46. The molecule has 96 valence electrons. The molecule has 1 N–H and O–H groups in total. The predicted molar refractivity (Wildman–Crippen MR) is 71.8 cm³/mol. The molecule has 0 spiro atoms. The average molecular weight is 266 g/mol. The van der Waals surface area contributed by atoms with Crippen molar-refractivity contribution in [1.82, 2.24) is 20.0 Å². The Morgan fingerprint density at radius 2 is 1.94 bits per heavy atom. The van der Waals surface area contributed by atoms with Gasteiger partial charge in [-0.05, 0) is 31.9 Å². The van der Waals surface area contributed by atoms with E-state index < -0.39 is 0 Å². The number of nitrogens with zero attached hydrogens (tertiary/aromatic N) is 4. The summed E-state index contributed by atoms with van der Waals surface area (Å²) >= 11 is 5.92. The van der Waals surface area contributed by atoms with Crippen LogP contribution in [0.2, 0.25) is 5.15 Å². The van der Waals surface area contributed by atoms with E-state index >= 15 is 0 Å². The first-order valence-electron chi connectivity index (χ1n) is 5.71. The van der Waals surface area contributed by atoms with Crippen LogP contribution in [0.3, 0.4) is 0 Å². The molecule has 2 aromatic rings. The first kappa shape index (κ1) is 12.8. The van der Waals surface area contributed by atoms with Gasteiger partial charge in [0.15, 0.2) is 11.0 Å². The van der Waals surface area contributed by atoms with Gasteiger partial charge in [0.05, 0.1) is 5.69 Å². The molecule has 6 heteroatoms. The third-order valence-electron chi connectivity index (χ3n) is 3.03. The number of hydrogen-bond donors (Lipinski definition) is 1. The second-order valence-corrected chi connectivity index (χ2v) is 4.71. The summed E-state index contributed by atoms with van der Waals surface area (Å²) in [7, 11) is 1.91. The zero-order valence-electron chi connectivity index (χ0n) is 11.0. The summed E-state index contributed by atoms with van der Waals surface area (Å²) < 4.78 is 1.80. The minimum Gasteiger partial charge on any atom is -0.364 e. The van der Waals surface area contributed by atoms with Crippen molar-refractivity contribution < 1.29 is 0 Å². The quantitative estimate of drug-likeness (QED) is 0.926. The number of halogens is 1. The Kier molecular flexibility index (Phi) is 3.52. The van der Waals surface area contributed by atoms with Crippen molar-refractivity contribution >= 4 is 17.4 Å². The van der Waals surface area contributed by atoms with Crippen LogP contribution in [0.5, 0.6) is 0 Å². The smallest absolute Gasteiger partial charge is 0.155 e. The van der Waals surface area contributed by atoms with E-state index in [2.05, 4.69) is 20.6 Å². The van der Waals surface area contributed by atoms with Crippen molar-refractivity contribution in [2.24, 2.45) is 7.05 Å². The molecule has 0 aliphatic heterocycles. The van der Waals surface area contributed by atoms with Crippen LogP contribution in [0.4, 0.5) is 5.82 Å². The Labute approximate surface area is 111 Å². The summed E-state index contributed by atoms with van der Waals surface area (Å²) in [5.74, 6) is 0.764. The molecular formula is C12H16ClN5. The number of hydrogen-bond acceptors (Lipinski definition) is 4. The Morgan fingerprint density at radius 1 is 1.22 bits per heavy atom. The topological polar surface area (TPSA) is 55.6 Å². The van der Waals surface area contributed by atoms with Crippen molar-refractivity contribution in [2.75, 3.05) is 5.32 Å². The van der Waals surface area contributed by atoms with Crippen LogP contribution in [0.1, 0.15) is 22.4 Å². The molecular weight excluding hydrogens is 250 g/mol. The van der Waals surface area contributed by atoms with Gasteiger partial charge in [-0.2, -0.15) is 5.10 Å². The lowest BCUT2D eigenvalue weighted by Crippen LogP contribution is -2.06. The second-order valence-electron chi connectivity index (χ2n) is 4.36. The zero-order chi connectivity index (χ0) is 13.3. The molecule has 2 aromatic heterocycles. The Morgan fingerprint density at radius 3 is 2.56 bits per heavy atom. The van der Waals surface area contributed by atoms with E-state index in [1.807, 2.05) is 34.0 Å². The van der Waals surface area contributed by atoms with E-state index in [1.54, 1.807) is 4.68 Å². The predicted octanol–water partition coefficient (Wildman–Crippen LogP) is 2.40. The molecule has 2 rings (SSSR count). The van der Waals surface area contributed by atoms with E-state index in [0.717, 1.165) is 28.2 Å². The van der Waals surface area contributed by atoms with E-state index in [0.29, 0.717) is 11.7 Å². The summed E-state index contributed by atoms with van der Waals surface area (Å²) in [6.45, 7) is 6.58. The maximum absolute atomic E-state index is 5.92. The molecule has 0 saturated carbocycles. The summed E-state index contributed by atoms with van der Waals surface area (Å²) in [5.41, 5.74) is 4.14. The molecule has 0 radical (unpaired) electrons. The summed E-state index contributed by atoms with van der Waals surface area (Å²) in [6, 6.07) is 0. The minimum atomic E-state index is 0.454. The van der Waals surface area contributed by atoms with Crippen molar-refractivity contribution in [1.29, 1.82) is 0 Å². The van der Waals surface area contributed by atoms with Gasteiger partial charge < -0.3 is 5.32 Å². The fourth-order valence-electron chi connectivity index (χ4n) is 1.75. The lowest BCUT2D eigenvalue weighted by Gasteiger charge is -2.09.